The highest BCUT2D eigenvalue weighted by Gasteiger charge is 2.15. The maximum atomic E-state index is 6.48. The smallest absolute Gasteiger partial charge is 0.0557 e. The van der Waals surface area contributed by atoms with Crippen LogP contribution >= 0.6 is 15.9 Å². The summed E-state index contributed by atoms with van der Waals surface area (Å²) in [4.78, 5) is 0. The number of benzene rings is 2. The minimum atomic E-state index is -0.0724. The lowest BCUT2D eigenvalue weighted by atomic mass is 9.90. The van der Waals surface area contributed by atoms with Gasteiger partial charge in [-0.3, -0.25) is 0 Å². The highest BCUT2D eigenvalue weighted by molar-refractivity contribution is 9.10. The van der Waals surface area contributed by atoms with Crippen molar-refractivity contribution in [2.24, 2.45) is 5.73 Å². The van der Waals surface area contributed by atoms with Gasteiger partial charge in [0.1, 0.15) is 0 Å². The largest absolute Gasteiger partial charge is 0.320 e. The number of aryl methyl sites for hydroxylation is 4. The predicted molar refractivity (Wildman–Crippen MR) is 85.6 cm³/mol. The molecule has 0 saturated heterocycles. The van der Waals surface area contributed by atoms with Gasteiger partial charge in [-0.15, -0.1) is 0 Å². The summed E-state index contributed by atoms with van der Waals surface area (Å²) in [7, 11) is 0. The van der Waals surface area contributed by atoms with Gasteiger partial charge in [0.15, 0.2) is 0 Å². The minimum absolute atomic E-state index is 0.0724. The molecule has 0 aliphatic rings. The highest BCUT2D eigenvalue weighted by atomic mass is 79.9. The summed E-state index contributed by atoms with van der Waals surface area (Å²) in [6.07, 6.45) is 0. The van der Waals surface area contributed by atoms with Crippen LogP contribution in [-0.2, 0) is 0 Å². The Bertz CT molecular complexity index is 573. The van der Waals surface area contributed by atoms with Gasteiger partial charge in [-0.25, -0.2) is 0 Å². The molecule has 2 aromatic rings. The molecule has 0 aliphatic heterocycles. The number of nitrogens with two attached hydrogens (primary N) is 1. The second-order valence-electron chi connectivity index (χ2n) is 5.35. The van der Waals surface area contributed by atoms with Gasteiger partial charge in [0, 0.05) is 4.47 Å². The van der Waals surface area contributed by atoms with Crippen LogP contribution in [-0.4, -0.2) is 0 Å². The van der Waals surface area contributed by atoms with Crippen molar-refractivity contribution in [1.29, 1.82) is 0 Å². The fourth-order valence-corrected chi connectivity index (χ4v) is 3.42. The molecule has 0 saturated carbocycles. The zero-order chi connectivity index (χ0) is 14.2. The van der Waals surface area contributed by atoms with E-state index in [2.05, 4.69) is 74.0 Å². The summed E-state index contributed by atoms with van der Waals surface area (Å²) in [6.45, 7) is 8.49. The summed E-state index contributed by atoms with van der Waals surface area (Å²) in [5.41, 5.74) is 13.9. The molecular weight excluding hydrogens is 298 g/mol. The summed E-state index contributed by atoms with van der Waals surface area (Å²) < 4.78 is 1.08. The third-order valence-corrected chi connectivity index (χ3v) is 3.93. The Morgan fingerprint density at radius 2 is 1.37 bits per heavy atom. The second kappa shape index (κ2) is 5.48. The number of halogens is 1. The lowest BCUT2D eigenvalue weighted by Crippen LogP contribution is -2.15. The molecule has 0 heterocycles. The monoisotopic (exact) mass is 317 g/mol. The SMILES string of the molecule is Cc1cc(Br)cc(C(N)c2c(C)cc(C)cc2C)c1. The molecule has 0 fully saturated rings. The maximum Gasteiger partial charge on any atom is 0.0557 e. The van der Waals surface area contributed by atoms with Crippen LogP contribution in [0.3, 0.4) is 0 Å². The van der Waals surface area contributed by atoms with E-state index in [9.17, 15) is 0 Å². The molecule has 0 spiro atoms. The van der Waals surface area contributed by atoms with Crippen LogP contribution in [0.1, 0.15) is 39.4 Å². The molecule has 19 heavy (non-hydrogen) atoms. The fraction of sp³-hybridized carbons (Fsp3) is 0.294. The van der Waals surface area contributed by atoms with Crippen molar-refractivity contribution in [3.8, 4) is 0 Å². The van der Waals surface area contributed by atoms with Gasteiger partial charge in [0.25, 0.3) is 0 Å². The van der Waals surface area contributed by atoms with Gasteiger partial charge >= 0.3 is 0 Å². The summed E-state index contributed by atoms with van der Waals surface area (Å²) >= 11 is 3.55. The molecule has 1 nitrogen and oxygen atoms in total. The third-order valence-electron chi connectivity index (χ3n) is 3.47. The maximum absolute atomic E-state index is 6.48. The standard InChI is InChI=1S/C17H20BrN/c1-10-5-12(3)16(13(4)6-10)17(19)14-7-11(2)8-15(18)9-14/h5-9,17H,19H2,1-4H3. The molecule has 0 aromatic heterocycles. The van der Waals surface area contributed by atoms with Crippen LogP contribution in [0.15, 0.2) is 34.8 Å². The Labute approximate surface area is 124 Å². The van der Waals surface area contributed by atoms with E-state index in [1.165, 1.54) is 27.8 Å². The Morgan fingerprint density at radius 3 is 1.89 bits per heavy atom. The van der Waals surface area contributed by atoms with Crippen molar-refractivity contribution in [3.63, 3.8) is 0 Å². The van der Waals surface area contributed by atoms with E-state index in [-0.39, 0.29) is 6.04 Å². The molecule has 2 aromatic carbocycles. The molecule has 2 N–H and O–H groups in total. The quantitative estimate of drug-likeness (QED) is 0.851. The van der Waals surface area contributed by atoms with E-state index in [4.69, 9.17) is 5.73 Å². The van der Waals surface area contributed by atoms with Crippen LogP contribution in [0.5, 0.6) is 0 Å². The number of rotatable bonds is 2. The topological polar surface area (TPSA) is 26.0 Å². The Kier molecular flexibility index (Phi) is 4.12. The van der Waals surface area contributed by atoms with Crippen molar-refractivity contribution in [2.45, 2.75) is 33.7 Å². The number of hydrogen-bond acceptors (Lipinski definition) is 1. The minimum Gasteiger partial charge on any atom is -0.320 e. The van der Waals surface area contributed by atoms with Crippen molar-refractivity contribution < 1.29 is 0 Å². The zero-order valence-electron chi connectivity index (χ0n) is 11.9. The van der Waals surface area contributed by atoms with E-state index in [0.29, 0.717) is 0 Å². The summed E-state index contributed by atoms with van der Waals surface area (Å²) in [5.74, 6) is 0. The third kappa shape index (κ3) is 3.07. The van der Waals surface area contributed by atoms with Gasteiger partial charge < -0.3 is 5.73 Å². The van der Waals surface area contributed by atoms with E-state index in [1.54, 1.807) is 0 Å². The molecule has 2 heteroatoms. The molecule has 0 amide bonds. The summed E-state index contributed by atoms with van der Waals surface area (Å²) in [6, 6.07) is 10.7. The first-order valence-corrected chi connectivity index (χ1v) is 7.28. The molecule has 100 valence electrons. The van der Waals surface area contributed by atoms with Crippen LogP contribution in [0, 0.1) is 27.7 Å². The molecule has 1 atom stereocenters. The number of hydrogen-bond donors (Lipinski definition) is 1. The van der Waals surface area contributed by atoms with Gasteiger partial charge in [0.2, 0.25) is 0 Å². The Hall–Kier alpha value is -1.12. The van der Waals surface area contributed by atoms with Gasteiger partial charge in [-0.05, 0) is 67.6 Å². The van der Waals surface area contributed by atoms with Gasteiger partial charge in [-0.1, -0.05) is 39.7 Å². The van der Waals surface area contributed by atoms with E-state index in [0.717, 1.165) is 10.0 Å². The van der Waals surface area contributed by atoms with E-state index in [1.807, 2.05) is 0 Å². The van der Waals surface area contributed by atoms with Gasteiger partial charge in [0.05, 0.1) is 6.04 Å². The first-order valence-electron chi connectivity index (χ1n) is 6.49. The summed E-state index contributed by atoms with van der Waals surface area (Å²) in [5, 5.41) is 0. The first-order chi connectivity index (χ1) is 8.88. The molecule has 0 aliphatic carbocycles. The molecule has 0 bridgehead atoms. The molecule has 2 rings (SSSR count). The van der Waals surface area contributed by atoms with Crippen LogP contribution in [0.4, 0.5) is 0 Å². The fourth-order valence-electron chi connectivity index (χ4n) is 2.79. The first kappa shape index (κ1) is 14.3. The van der Waals surface area contributed by atoms with Crippen LogP contribution in [0.2, 0.25) is 0 Å². The van der Waals surface area contributed by atoms with E-state index < -0.39 is 0 Å². The lowest BCUT2D eigenvalue weighted by Gasteiger charge is -2.19. The Morgan fingerprint density at radius 1 is 0.842 bits per heavy atom. The highest BCUT2D eigenvalue weighted by Crippen LogP contribution is 2.29. The zero-order valence-corrected chi connectivity index (χ0v) is 13.5. The Balaban J connectivity index is 2.52. The van der Waals surface area contributed by atoms with Crippen LogP contribution in [0.25, 0.3) is 0 Å². The average molecular weight is 318 g/mol. The molecular formula is C17H20BrN. The predicted octanol–water partition coefficient (Wildman–Crippen LogP) is 4.73. The van der Waals surface area contributed by atoms with Crippen LogP contribution < -0.4 is 5.73 Å². The lowest BCUT2D eigenvalue weighted by molar-refractivity contribution is 0.848. The van der Waals surface area contributed by atoms with Gasteiger partial charge in [-0.2, -0.15) is 0 Å². The van der Waals surface area contributed by atoms with Crippen molar-refractivity contribution in [2.75, 3.05) is 0 Å². The molecule has 0 radical (unpaired) electrons. The average Bonchev–Trinajstić information content (AvgIpc) is 2.25. The van der Waals surface area contributed by atoms with Crippen molar-refractivity contribution >= 4 is 15.9 Å². The van der Waals surface area contributed by atoms with Crippen molar-refractivity contribution in [1.82, 2.24) is 0 Å². The van der Waals surface area contributed by atoms with E-state index >= 15 is 0 Å². The normalized spacial score (nSPS) is 12.5. The van der Waals surface area contributed by atoms with Crippen molar-refractivity contribution in [3.05, 3.63) is 68.2 Å². The molecule has 1 unspecified atom stereocenters. The second-order valence-corrected chi connectivity index (χ2v) is 6.27.